The number of rotatable bonds is 4. The van der Waals surface area contributed by atoms with Gasteiger partial charge in [0.25, 0.3) is 0 Å². The standard InChI is InChI=1S/C10H18N2O/c1-11-6-9(7-2-3-7)8-4-5-12-10(8)13/h7-9,11H,2-6H2,1H3,(H,12,13). The van der Waals surface area contributed by atoms with Gasteiger partial charge in [-0.05, 0) is 44.7 Å². The fraction of sp³-hybridized carbons (Fsp3) is 0.900. The van der Waals surface area contributed by atoms with Crippen LogP contribution in [0.2, 0.25) is 0 Å². The minimum Gasteiger partial charge on any atom is -0.356 e. The number of hydrogen-bond acceptors (Lipinski definition) is 2. The van der Waals surface area contributed by atoms with Crippen molar-refractivity contribution in [3.8, 4) is 0 Å². The van der Waals surface area contributed by atoms with Crippen molar-refractivity contribution < 1.29 is 4.79 Å². The van der Waals surface area contributed by atoms with Gasteiger partial charge in [-0.2, -0.15) is 0 Å². The summed E-state index contributed by atoms with van der Waals surface area (Å²) in [5.74, 6) is 1.99. The van der Waals surface area contributed by atoms with Crippen molar-refractivity contribution in [3.63, 3.8) is 0 Å². The molecule has 1 amide bonds. The van der Waals surface area contributed by atoms with E-state index in [0.717, 1.165) is 25.4 Å². The highest BCUT2D eigenvalue weighted by atomic mass is 16.2. The Kier molecular flexibility index (Phi) is 2.54. The van der Waals surface area contributed by atoms with E-state index in [2.05, 4.69) is 10.6 Å². The second-order valence-electron chi connectivity index (χ2n) is 4.25. The molecule has 2 atom stereocenters. The maximum atomic E-state index is 11.5. The van der Waals surface area contributed by atoms with Crippen molar-refractivity contribution in [2.75, 3.05) is 20.1 Å². The molecule has 0 aromatic heterocycles. The summed E-state index contributed by atoms with van der Waals surface area (Å²) < 4.78 is 0. The summed E-state index contributed by atoms with van der Waals surface area (Å²) in [5, 5.41) is 6.13. The zero-order chi connectivity index (χ0) is 9.26. The van der Waals surface area contributed by atoms with Crippen LogP contribution in [0.4, 0.5) is 0 Å². The molecule has 2 fully saturated rings. The molecule has 1 saturated heterocycles. The van der Waals surface area contributed by atoms with Gasteiger partial charge >= 0.3 is 0 Å². The minimum atomic E-state index is 0.284. The number of hydrogen-bond donors (Lipinski definition) is 2. The van der Waals surface area contributed by atoms with Gasteiger partial charge in [0, 0.05) is 12.5 Å². The summed E-state index contributed by atoms with van der Waals surface area (Å²) >= 11 is 0. The summed E-state index contributed by atoms with van der Waals surface area (Å²) in [5.41, 5.74) is 0. The Morgan fingerprint density at radius 3 is 2.77 bits per heavy atom. The predicted molar refractivity (Wildman–Crippen MR) is 51.3 cm³/mol. The van der Waals surface area contributed by atoms with Gasteiger partial charge in [-0.3, -0.25) is 4.79 Å². The molecular weight excluding hydrogens is 164 g/mol. The van der Waals surface area contributed by atoms with Crippen LogP contribution in [0.25, 0.3) is 0 Å². The normalized spacial score (nSPS) is 30.2. The molecule has 1 heterocycles. The summed E-state index contributed by atoms with van der Waals surface area (Å²) in [4.78, 5) is 11.5. The second kappa shape index (κ2) is 3.66. The molecule has 2 aliphatic rings. The van der Waals surface area contributed by atoms with Gasteiger partial charge in [-0.25, -0.2) is 0 Å². The minimum absolute atomic E-state index is 0.284. The first-order valence-electron chi connectivity index (χ1n) is 5.25. The molecule has 3 heteroatoms. The van der Waals surface area contributed by atoms with Gasteiger partial charge in [-0.1, -0.05) is 0 Å². The Labute approximate surface area is 79.3 Å². The summed E-state index contributed by atoms with van der Waals surface area (Å²) in [6, 6.07) is 0. The van der Waals surface area contributed by atoms with Gasteiger partial charge in [0.1, 0.15) is 0 Å². The van der Waals surface area contributed by atoms with Crippen molar-refractivity contribution in [3.05, 3.63) is 0 Å². The molecule has 13 heavy (non-hydrogen) atoms. The first kappa shape index (κ1) is 9.00. The average Bonchev–Trinajstić information content (AvgIpc) is 2.86. The van der Waals surface area contributed by atoms with Crippen LogP contribution < -0.4 is 10.6 Å². The summed E-state index contributed by atoms with van der Waals surface area (Å²) in [6.45, 7) is 1.89. The lowest BCUT2D eigenvalue weighted by molar-refractivity contribution is -0.124. The highest BCUT2D eigenvalue weighted by Crippen LogP contribution is 2.42. The number of amides is 1. The maximum Gasteiger partial charge on any atom is 0.223 e. The van der Waals surface area contributed by atoms with E-state index in [1.807, 2.05) is 7.05 Å². The molecule has 0 radical (unpaired) electrons. The van der Waals surface area contributed by atoms with Crippen molar-refractivity contribution in [1.82, 2.24) is 10.6 Å². The van der Waals surface area contributed by atoms with Crippen LogP contribution >= 0.6 is 0 Å². The van der Waals surface area contributed by atoms with Gasteiger partial charge < -0.3 is 10.6 Å². The van der Waals surface area contributed by atoms with E-state index < -0.39 is 0 Å². The monoisotopic (exact) mass is 182 g/mol. The third kappa shape index (κ3) is 1.85. The third-order valence-corrected chi connectivity index (χ3v) is 3.28. The topological polar surface area (TPSA) is 41.1 Å². The van der Waals surface area contributed by atoms with E-state index >= 15 is 0 Å². The Balaban J connectivity index is 1.96. The maximum absolute atomic E-state index is 11.5. The number of carbonyl (C=O) groups is 1. The van der Waals surface area contributed by atoms with E-state index in [1.54, 1.807) is 0 Å². The van der Waals surface area contributed by atoms with Gasteiger partial charge in [-0.15, -0.1) is 0 Å². The molecule has 3 nitrogen and oxygen atoms in total. The molecule has 2 unspecified atom stereocenters. The molecule has 2 N–H and O–H groups in total. The Morgan fingerprint density at radius 1 is 1.54 bits per heavy atom. The molecule has 0 spiro atoms. The number of nitrogens with one attached hydrogen (secondary N) is 2. The first-order chi connectivity index (χ1) is 6.33. The third-order valence-electron chi connectivity index (χ3n) is 3.28. The van der Waals surface area contributed by atoms with Crippen LogP contribution in [0.1, 0.15) is 19.3 Å². The Hall–Kier alpha value is -0.570. The summed E-state index contributed by atoms with van der Waals surface area (Å²) in [6.07, 6.45) is 3.70. The smallest absolute Gasteiger partial charge is 0.223 e. The van der Waals surface area contributed by atoms with Crippen LogP contribution in [-0.4, -0.2) is 26.0 Å². The van der Waals surface area contributed by atoms with Crippen LogP contribution in [0, 0.1) is 17.8 Å². The van der Waals surface area contributed by atoms with E-state index in [0.29, 0.717) is 11.8 Å². The van der Waals surface area contributed by atoms with Crippen LogP contribution in [0.3, 0.4) is 0 Å². The van der Waals surface area contributed by atoms with E-state index in [1.165, 1.54) is 12.8 Å². The SMILES string of the molecule is CNCC(C1CC1)C1CCNC1=O. The lowest BCUT2D eigenvalue weighted by Crippen LogP contribution is -2.32. The largest absolute Gasteiger partial charge is 0.356 e. The van der Waals surface area contributed by atoms with Gasteiger partial charge in [0.15, 0.2) is 0 Å². The fourth-order valence-electron chi connectivity index (χ4n) is 2.42. The molecular formula is C10H18N2O. The van der Waals surface area contributed by atoms with E-state index in [4.69, 9.17) is 0 Å². The van der Waals surface area contributed by atoms with Crippen LogP contribution in [0.5, 0.6) is 0 Å². The highest BCUT2D eigenvalue weighted by Gasteiger charge is 2.40. The lowest BCUT2D eigenvalue weighted by Gasteiger charge is -2.20. The zero-order valence-electron chi connectivity index (χ0n) is 8.18. The Bertz CT molecular complexity index is 201. The first-order valence-corrected chi connectivity index (χ1v) is 5.25. The fourth-order valence-corrected chi connectivity index (χ4v) is 2.42. The van der Waals surface area contributed by atoms with E-state index in [9.17, 15) is 4.79 Å². The molecule has 0 aromatic carbocycles. The molecule has 1 aliphatic heterocycles. The average molecular weight is 182 g/mol. The van der Waals surface area contributed by atoms with Crippen molar-refractivity contribution in [1.29, 1.82) is 0 Å². The molecule has 2 rings (SSSR count). The number of carbonyl (C=O) groups excluding carboxylic acids is 1. The zero-order valence-corrected chi connectivity index (χ0v) is 8.18. The van der Waals surface area contributed by atoms with Gasteiger partial charge in [0.2, 0.25) is 5.91 Å². The molecule has 1 aliphatic carbocycles. The molecule has 74 valence electrons. The van der Waals surface area contributed by atoms with Crippen molar-refractivity contribution >= 4 is 5.91 Å². The Morgan fingerprint density at radius 2 is 2.31 bits per heavy atom. The molecule has 1 saturated carbocycles. The molecule has 0 aromatic rings. The second-order valence-corrected chi connectivity index (χ2v) is 4.25. The lowest BCUT2D eigenvalue weighted by atomic mass is 9.87. The van der Waals surface area contributed by atoms with Crippen LogP contribution in [0.15, 0.2) is 0 Å². The van der Waals surface area contributed by atoms with Crippen LogP contribution in [-0.2, 0) is 4.79 Å². The predicted octanol–water partition coefficient (Wildman–Crippen LogP) is 0.368. The summed E-state index contributed by atoms with van der Waals surface area (Å²) in [7, 11) is 1.97. The van der Waals surface area contributed by atoms with Crippen molar-refractivity contribution in [2.24, 2.45) is 17.8 Å². The highest BCUT2D eigenvalue weighted by molar-refractivity contribution is 5.81. The van der Waals surface area contributed by atoms with Gasteiger partial charge in [0.05, 0.1) is 0 Å². The van der Waals surface area contributed by atoms with E-state index in [-0.39, 0.29) is 5.91 Å². The van der Waals surface area contributed by atoms with Crippen molar-refractivity contribution in [2.45, 2.75) is 19.3 Å². The quantitative estimate of drug-likeness (QED) is 0.659. The molecule has 0 bridgehead atoms.